The van der Waals surface area contributed by atoms with Crippen LogP contribution >= 0.6 is 0 Å². The van der Waals surface area contributed by atoms with Crippen molar-refractivity contribution in [3.8, 4) is 0 Å². The van der Waals surface area contributed by atoms with Gasteiger partial charge in [-0.15, -0.1) is 0 Å². The maximum absolute atomic E-state index is 13.0. The average molecular weight is 310 g/mol. The fraction of sp³-hybridized carbons (Fsp3) is 0.625. The second-order valence-corrected chi connectivity index (χ2v) is 7.75. The number of nitrogens with zero attached hydrogens (tertiary/aromatic N) is 1. The van der Waals surface area contributed by atoms with E-state index in [9.17, 15) is 8.42 Å². The van der Waals surface area contributed by atoms with E-state index in [0.29, 0.717) is 11.4 Å². The summed E-state index contributed by atoms with van der Waals surface area (Å²) in [6.45, 7) is 8.31. The Hall–Kier alpha value is -0.910. The molecule has 118 valence electrons. The SMILES string of the molecule is CCCN(C1CCCNC1)S(=O)(=O)c1ccc(C)c(C)c1. The molecule has 1 fully saturated rings. The number of piperidine rings is 1. The van der Waals surface area contributed by atoms with Crippen molar-refractivity contribution in [3.63, 3.8) is 0 Å². The van der Waals surface area contributed by atoms with E-state index in [1.54, 1.807) is 16.4 Å². The molecule has 1 aromatic rings. The van der Waals surface area contributed by atoms with Gasteiger partial charge in [-0.05, 0) is 62.9 Å². The van der Waals surface area contributed by atoms with Crippen LogP contribution in [0.1, 0.15) is 37.3 Å². The molecule has 0 bridgehead atoms. The molecule has 0 radical (unpaired) electrons. The van der Waals surface area contributed by atoms with Gasteiger partial charge in [0.05, 0.1) is 4.90 Å². The number of hydrogen-bond acceptors (Lipinski definition) is 3. The molecular weight excluding hydrogens is 284 g/mol. The predicted octanol–water partition coefficient (Wildman–Crippen LogP) is 2.46. The Morgan fingerprint density at radius 3 is 2.62 bits per heavy atom. The third-order valence-electron chi connectivity index (χ3n) is 4.21. The standard InChI is InChI=1S/C16H26N2O2S/c1-4-10-18(15-6-5-9-17-12-15)21(19,20)16-8-7-13(2)14(3)11-16/h7-8,11,15,17H,4-6,9-10,12H2,1-3H3. The second kappa shape index (κ2) is 6.90. The maximum atomic E-state index is 13.0. The Morgan fingerprint density at radius 1 is 1.29 bits per heavy atom. The summed E-state index contributed by atoms with van der Waals surface area (Å²) >= 11 is 0. The van der Waals surface area contributed by atoms with Crippen molar-refractivity contribution in [2.24, 2.45) is 0 Å². The van der Waals surface area contributed by atoms with Gasteiger partial charge in [0.2, 0.25) is 10.0 Å². The molecule has 1 unspecified atom stereocenters. The lowest BCUT2D eigenvalue weighted by molar-refractivity contribution is 0.266. The van der Waals surface area contributed by atoms with E-state index in [1.807, 2.05) is 26.8 Å². The highest BCUT2D eigenvalue weighted by molar-refractivity contribution is 7.89. The fourth-order valence-electron chi connectivity index (χ4n) is 2.81. The summed E-state index contributed by atoms with van der Waals surface area (Å²) in [5.41, 5.74) is 2.14. The monoisotopic (exact) mass is 310 g/mol. The zero-order valence-corrected chi connectivity index (χ0v) is 14.0. The van der Waals surface area contributed by atoms with Crippen molar-refractivity contribution in [1.29, 1.82) is 0 Å². The van der Waals surface area contributed by atoms with Crippen LogP contribution in [0.4, 0.5) is 0 Å². The van der Waals surface area contributed by atoms with E-state index in [-0.39, 0.29) is 6.04 Å². The zero-order chi connectivity index (χ0) is 15.5. The second-order valence-electron chi connectivity index (χ2n) is 5.86. The van der Waals surface area contributed by atoms with Gasteiger partial charge in [0, 0.05) is 19.1 Å². The maximum Gasteiger partial charge on any atom is 0.243 e. The van der Waals surface area contributed by atoms with Crippen LogP contribution in [0.3, 0.4) is 0 Å². The van der Waals surface area contributed by atoms with Gasteiger partial charge in [-0.1, -0.05) is 13.0 Å². The molecule has 1 atom stereocenters. The predicted molar refractivity (Wildman–Crippen MR) is 86.0 cm³/mol. The van der Waals surface area contributed by atoms with Crippen molar-refractivity contribution in [2.75, 3.05) is 19.6 Å². The molecule has 1 aliphatic rings. The molecular formula is C16H26N2O2S. The summed E-state index contributed by atoms with van der Waals surface area (Å²) in [5.74, 6) is 0. The first-order chi connectivity index (χ1) is 9.96. The van der Waals surface area contributed by atoms with Crippen LogP contribution in [0.2, 0.25) is 0 Å². The molecule has 0 aromatic heterocycles. The Bertz CT molecular complexity index is 578. The third-order valence-corrected chi connectivity index (χ3v) is 6.15. The summed E-state index contributed by atoms with van der Waals surface area (Å²) in [7, 11) is -3.41. The molecule has 0 saturated carbocycles. The number of sulfonamides is 1. The van der Waals surface area contributed by atoms with Gasteiger partial charge in [-0.25, -0.2) is 8.42 Å². The van der Waals surface area contributed by atoms with E-state index in [4.69, 9.17) is 0 Å². The summed E-state index contributed by atoms with van der Waals surface area (Å²) in [6.07, 6.45) is 2.81. The Kier molecular flexibility index (Phi) is 5.41. The zero-order valence-electron chi connectivity index (χ0n) is 13.2. The molecule has 1 aromatic carbocycles. The van der Waals surface area contributed by atoms with E-state index in [2.05, 4.69) is 5.32 Å². The number of hydrogen-bond donors (Lipinski definition) is 1. The van der Waals surface area contributed by atoms with Crippen LogP contribution in [0, 0.1) is 13.8 Å². The normalized spacial score (nSPS) is 19.9. The average Bonchev–Trinajstić information content (AvgIpc) is 2.48. The van der Waals surface area contributed by atoms with Gasteiger partial charge in [0.25, 0.3) is 0 Å². The topological polar surface area (TPSA) is 49.4 Å². The largest absolute Gasteiger partial charge is 0.315 e. The van der Waals surface area contributed by atoms with Gasteiger partial charge in [0.15, 0.2) is 0 Å². The van der Waals surface area contributed by atoms with E-state index in [0.717, 1.165) is 43.5 Å². The van der Waals surface area contributed by atoms with Gasteiger partial charge in [-0.2, -0.15) is 4.31 Å². The number of nitrogens with one attached hydrogen (secondary N) is 1. The molecule has 0 aliphatic carbocycles. The van der Waals surface area contributed by atoms with Crippen LogP contribution in [0.25, 0.3) is 0 Å². The van der Waals surface area contributed by atoms with Crippen molar-refractivity contribution < 1.29 is 8.42 Å². The van der Waals surface area contributed by atoms with Crippen LogP contribution in [-0.2, 0) is 10.0 Å². The van der Waals surface area contributed by atoms with Gasteiger partial charge >= 0.3 is 0 Å². The minimum atomic E-state index is -3.41. The molecule has 0 spiro atoms. The molecule has 1 saturated heterocycles. The Labute approximate surface area is 128 Å². The molecule has 0 amide bonds. The van der Waals surface area contributed by atoms with E-state index in [1.165, 1.54) is 0 Å². The molecule has 1 aliphatic heterocycles. The summed E-state index contributed by atoms with van der Waals surface area (Å²) < 4.78 is 27.7. The minimum Gasteiger partial charge on any atom is -0.315 e. The van der Waals surface area contributed by atoms with Crippen LogP contribution in [0.15, 0.2) is 23.1 Å². The van der Waals surface area contributed by atoms with Crippen LogP contribution in [0.5, 0.6) is 0 Å². The van der Waals surface area contributed by atoms with Gasteiger partial charge in [-0.3, -0.25) is 0 Å². The lowest BCUT2D eigenvalue weighted by atomic mass is 10.1. The van der Waals surface area contributed by atoms with Gasteiger partial charge in [0.1, 0.15) is 0 Å². The Balaban J connectivity index is 2.34. The first-order valence-corrected chi connectivity index (χ1v) is 9.20. The molecule has 1 heterocycles. The summed E-state index contributed by atoms with van der Waals surface area (Å²) in [4.78, 5) is 0.421. The van der Waals surface area contributed by atoms with Crippen molar-refractivity contribution in [3.05, 3.63) is 29.3 Å². The van der Waals surface area contributed by atoms with Crippen LogP contribution in [-0.4, -0.2) is 38.4 Å². The molecule has 21 heavy (non-hydrogen) atoms. The lowest BCUT2D eigenvalue weighted by Crippen LogP contribution is -2.48. The number of benzene rings is 1. The molecule has 1 N–H and O–H groups in total. The minimum absolute atomic E-state index is 0.0744. The van der Waals surface area contributed by atoms with Crippen molar-refractivity contribution >= 4 is 10.0 Å². The smallest absolute Gasteiger partial charge is 0.243 e. The first kappa shape index (κ1) is 16.5. The highest BCUT2D eigenvalue weighted by atomic mass is 32.2. The Morgan fingerprint density at radius 2 is 2.05 bits per heavy atom. The molecule has 5 heteroatoms. The summed E-state index contributed by atoms with van der Waals surface area (Å²) in [6, 6.07) is 5.50. The molecule has 4 nitrogen and oxygen atoms in total. The highest BCUT2D eigenvalue weighted by Gasteiger charge is 2.31. The van der Waals surface area contributed by atoms with E-state index < -0.39 is 10.0 Å². The number of rotatable bonds is 5. The van der Waals surface area contributed by atoms with Crippen molar-refractivity contribution in [2.45, 2.75) is 51.0 Å². The third kappa shape index (κ3) is 3.65. The summed E-state index contributed by atoms with van der Waals surface area (Å²) in [5, 5.41) is 3.31. The highest BCUT2D eigenvalue weighted by Crippen LogP contribution is 2.23. The van der Waals surface area contributed by atoms with E-state index >= 15 is 0 Å². The van der Waals surface area contributed by atoms with Crippen LogP contribution < -0.4 is 5.32 Å². The fourth-order valence-corrected chi connectivity index (χ4v) is 4.64. The quantitative estimate of drug-likeness (QED) is 0.909. The lowest BCUT2D eigenvalue weighted by Gasteiger charge is -2.33. The first-order valence-electron chi connectivity index (χ1n) is 7.76. The molecule has 2 rings (SSSR count). The van der Waals surface area contributed by atoms with Gasteiger partial charge < -0.3 is 5.32 Å². The number of aryl methyl sites for hydroxylation is 2. The van der Waals surface area contributed by atoms with Crippen molar-refractivity contribution in [1.82, 2.24) is 9.62 Å².